The molecule has 1 aromatic heterocycles. The summed E-state index contributed by atoms with van der Waals surface area (Å²) in [4.78, 5) is 12.8. The van der Waals surface area contributed by atoms with Gasteiger partial charge < -0.3 is 10.1 Å². The normalized spacial score (nSPS) is 36.1. The Morgan fingerprint density at radius 3 is 2.67 bits per heavy atom. The van der Waals surface area contributed by atoms with Crippen LogP contribution < -0.4 is 5.32 Å². The summed E-state index contributed by atoms with van der Waals surface area (Å²) in [5, 5.41) is 7.46. The van der Waals surface area contributed by atoms with Gasteiger partial charge in [-0.15, -0.1) is 0 Å². The van der Waals surface area contributed by atoms with Crippen molar-refractivity contribution in [2.45, 2.75) is 77.2 Å². The van der Waals surface area contributed by atoms with Crippen LogP contribution >= 0.6 is 0 Å². The third-order valence-electron chi connectivity index (χ3n) is 5.73. The Morgan fingerprint density at radius 2 is 2.08 bits per heavy atom. The molecule has 24 heavy (non-hydrogen) atoms. The minimum atomic E-state index is -2.53. The summed E-state index contributed by atoms with van der Waals surface area (Å²) < 4.78 is 34.1. The van der Waals surface area contributed by atoms with Crippen molar-refractivity contribution in [2.75, 3.05) is 0 Å². The molecule has 2 atom stereocenters. The molecule has 0 unspecified atom stereocenters. The largest absolute Gasteiger partial charge is 0.369 e. The summed E-state index contributed by atoms with van der Waals surface area (Å²) in [6, 6.07) is -0.156. The van der Waals surface area contributed by atoms with Gasteiger partial charge in [0, 0.05) is 36.4 Å². The van der Waals surface area contributed by atoms with Crippen LogP contribution in [0.4, 0.5) is 8.78 Å². The van der Waals surface area contributed by atoms with Gasteiger partial charge in [0.2, 0.25) is 0 Å². The van der Waals surface area contributed by atoms with Crippen LogP contribution in [0, 0.1) is 5.41 Å². The molecule has 4 rings (SSSR count). The Hall–Kier alpha value is -1.50. The highest BCUT2D eigenvalue weighted by Gasteiger charge is 2.75. The van der Waals surface area contributed by atoms with Gasteiger partial charge in [0.1, 0.15) is 5.69 Å². The molecule has 2 heterocycles. The Labute approximate surface area is 139 Å². The molecular formula is C17H23F2N3O2. The third kappa shape index (κ3) is 2.20. The maximum Gasteiger partial charge on any atom is 0.270 e. The molecule has 5 nitrogen and oxygen atoms in total. The number of carbonyl (C=O) groups excluding carboxylic acids is 1. The lowest BCUT2D eigenvalue weighted by atomic mass is 9.76. The summed E-state index contributed by atoms with van der Waals surface area (Å²) >= 11 is 0. The highest BCUT2D eigenvalue weighted by molar-refractivity contribution is 5.94. The van der Waals surface area contributed by atoms with Crippen LogP contribution in [0.1, 0.15) is 67.9 Å². The molecule has 0 bridgehead atoms. The molecule has 1 spiro atoms. The molecular weight excluding hydrogens is 316 g/mol. The van der Waals surface area contributed by atoms with E-state index in [0.717, 1.165) is 11.3 Å². The van der Waals surface area contributed by atoms with Gasteiger partial charge in [0.05, 0.1) is 17.9 Å². The van der Waals surface area contributed by atoms with Crippen molar-refractivity contribution in [3.8, 4) is 0 Å². The molecule has 0 saturated heterocycles. The summed E-state index contributed by atoms with van der Waals surface area (Å²) in [7, 11) is 0. The average molecular weight is 339 g/mol. The predicted octanol–water partition coefficient (Wildman–Crippen LogP) is 2.84. The van der Waals surface area contributed by atoms with Gasteiger partial charge in [-0.1, -0.05) is 0 Å². The SMILES string of the molecule is CCn1nc2c(c1C(=O)NC1CC3(C1)CC3(F)F)C[C@H](C)O[C@@H]2C. The van der Waals surface area contributed by atoms with Gasteiger partial charge in [-0.25, -0.2) is 8.78 Å². The van der Waals surface area contributed by atoms with Crippen LogP contribution in [-0.4, -0.2) is 33.8 Å². The molecule has 3 aliphatic rings. The van der Waals surface area contributed by atoms with E-state index in [0.29, 0.717) is 31.5 Å². The van der Waals surface area contributed by atoms with Gasteiger partial charge in [-0.05, 0) is 33.6 Å². The summed E-state index contributed by atoms with van der Waals surface area (Å²) in [5.74, 6) is -2.73. The van der Waals surface area contributed by atoms with E-state index in [1.165, 1.54) is 0 Å². The highest BCUT2D eigenvalue weighted by atomic mass is 19.3. The highest BCUT2D eigenvalue weighted by Crippen LogP contribution is 2.70. The number of fused-ring (bicyclic) bond motifs is 1. The molecule has 7 heteroatoms. The molecule has 0 aromatic carbocycles. The first-order valence-electron chi connectivity index (χ1n) is 8.70. The number of alkyl halides is 2. The lowest BCUT2D eigenvalue weighted by Gasteiger charge is -2.36. The van der Waals surface area contributed by atoms with E-state index in [1.807, 2.05) is 20.8 Å². The fourth-order valence-electron chi connectivity index (χ4n) is 4.34. The molecule has 132 valence electrons. The third-order valence-corrected chi connectivity index (χ3v) is 5.73. The molecule has 0 radical (unpaired) electrons. The molecule has 1 N–H and O–H groups in total. The Balaban J connectivity index is 1.53. The Kier molecular flexibility index (Phi) is 3.33. The van der Waals surface area contributed by atoms with Crippen LogP contribution in [-0.2, 0) is 17.7 Å². The number of nitrogens with one attached hydrogen (secondary N) is 1. The second-order valence-electron chi connectivity index (χ2n) is 7.56. The summed E-state index contributed by atoms with van der Waals surface area (Å²) in [5.41, 5.74) is 1.50. The van der Waals surface area contributed by atoms with Gasteiger partial charge in [0.25, 0.3) is 11.8 Å². The number of amides is 1. The number of carbonyl (C=O) groups is 1. The Bertz CT molecular complexity index is 694. The van der Waals surface area contributed by atoms with Crippen molar-refractivity contribution >= 4 is 5.91 Å². The smallest absolute Gasteiger partial charge is 0.270 e. The molecule has 2 fully saturated rings. The predicted molar refractivity (Wildman–Crippen MR) is 83.1 cm³/mol. The zero-order valence-electron chi connectivity index (χ0n) is 14.2. The van der Waals surface area contributed by atoms with Crippen molar-refractivity contribution in [2.24, 2.45) is 5.41 Å². The quantitative estimate of drug-likeness (QED) is 0.921. The number of aromatic nitrogens is 2. The first kappa shape index (κ1) is 16.0. The van der Waals surface area contributed by atoms with E-state index in [9.17, 15) is 13.6 Å². The van der Waals surface area contributed by atoms with E-state index in [2.05, 4.69) is 10.4 Å². The van der Waals surface area contributed by atoms with Gasteiger partial charge >= 0.3 is 0 Å². The second kappa shape index (κ2) is 5.00. The number of aryl methyl sites for hydroxylation is 1. The number of hydrogen-bond acceptors (Lipinski definition) is 3. The minimum Gasteiger partial charge on any atom is -0.369 e. The number of halogens is 2. The molecule has 2 saturated carbocycles. The van der Waals surface area contributed by atoms with Crippen molar-refractivity contribution in [3.05, 3.63) is 17.0 Å². The van der Waals surface area contributed by atoms with Crippen LogP contribution in [0.25, 0.3) is 0 Å². The molecule has 1 aliphatic heterocycles. The lowest BCUT2D eigenvalue weighted by molar-refractivity contribution is -0.00717. The van der Waals surface area contributed by atoms with Crippen LogP contribution in [0.3, 0.4) is 0 Å². The van der Waals surface area contributed by atoms with Crippen molar-refractivity contribution in [1.82, 2.24) is 15.1 Å². The van der Waals surface area contributed by atoms with Gasteiger partial charge in [0.15, 0.2) is 0 Å². The standard InChI is InChI=1S/C17H23F2N3O2/c1-4-22-14(12-5-9(2)24-10(3)13(12)21-22)15(23)20-11-6-16(7-11)8-17(16,18)19/h9-11H,4-8H2,1-3H3,(H,20,23)/t9-,10+,11?,16?/m0/s1. The average Bonchev–Trinajstić information content (AvgIpc) is 2.87. The van der Waals surface area contributed by atoms with E-state index >= 15 is 0 Å². The maximum atomic E-state index is 13.3. The number of rotatable bonds is 3. The zero-order valence-corrected chi connectivity index (χ0v) is 14.2. The van der Waals surface area contributed by atoms with Crippen molar-refractivity contribution < 1.29 is 18.3 Å². The first-order valence-corrected chi connectivity index (χ1v) is 8.70. The Morgan fingerprint density at radius 1 is 1.42 bits per heavy atom. The van der Waals surface area contributed by atoms with Gasteiger partial charge in [-0.2, -0.15) is 5.10 Å². The molecule has 1 aromatic rings. The second-order valence-corrected chi connectivity index (χ2v) is 7.56. The van der Waals surface area contributed by atoms with Crippen LogP contribution in [0.2, 0.25) is 0 Å². The number of ether oxygens (including phenoxy) is 1. The van der Waals surface area contributed by atoms with Crippen molar-refractivity contribution in [1.29, 1.82) is 0 Å². The zero-order chi connectivity index (χ0) is 17.3. The topological polar surface area (TPSA) is 56.2 Å². The van der Waals surface area contributed by atoms with Gasteiger partial charge in [-0.3, -0.25) is 9.48 Å². The van der Waals surface area contributed by atoms with Crippen LogP contribution in [0.5, 0.6) is 0 Å². The monoisotopic (exact) mass is 339 g/mol. The summed E-state index contributed by atoms with van der Waals surface area (Å²) in [6.45, 7) is 6.44. The van der Waals surface area contributed by atoms with E-state index in [-0.39, 0.29) is 30.6 Å². The van der Waals surface area contributed by atoms with Crippen molar-refractivity contribution in [3.63, 3.8) is 0 Å². The molecule has 2 aliphatic carbocycles. The fourth-order valence-corrected chi connectivity index (χ4v) is 4.34. The maximum absolute atomic E-state index is 13.3. The molecule has 1 amide bonds. The van der Waals surface area contributed by atoms with E-state index < -0.39 is 11.3 Å². The van der Waals surface area contributed by atoms with E-state index in [1.54, 1.807) is 4.68 Å². The van der Waals surface area contributed by atoms with E-state index in [4.69, 9.17) is 4.74 Å². The fraction of sp³-hybridized carbons (Fsp3) is 0.765. The number of nitrogens with zero attached hydrogens (tertiary/aromatic N) is 2. The minimum absolute atomic E-state index is 0.0268. The first-order chi connectivity index (χ1) is 11.3. The number of hydrogen-bond donors (Lipinski definition) is 1. The lowest BCUT2D eigenvalue weighted by Crippen LogP contribution is -2.48. The summed E-state index contributed by atoms with van der Waals surface area (Å²) in [6.07, 6.45) is 1.27. The van der Waals surface area contributed by atoms with Crippen LogP contribution in [0.15, 0.2) is 0 Å².